The number of rotatable bonds is 2. The molecule has 4 heteroatoms. The van der Waals surface area contributed by atoms with Crippen molar-refractivity contribution in [3.05, 3.63) is 53.8 Å². The number of carbonyl (C=O) groups is 1. The number of nitrogen functional groups attached to an aromatic ring is 1. The van der Waals surface area contributed by atoms with Crippen LogP contribution in [0.1, 0.15) is 10.4 Å². The van der Waals surface area contributed by atoms with Crippen molar-refractivity contribution in [2.24, 2.45) is 0 Å². The van der Waals surface area contributed by atoms with Crippen molar-refractivity contribution in [3.8, 4) is 11.1 Å². The number of hydrogen-bond donors (Lipinski definition) is 1. The van der Waals surface area contributed by atoms with Gasteiger partial charge >= 0.3 is 5.97 Å². The topological polar surface area (TPSA) is 52.3 Å². The number of hydrogen-bond acceptors (Lipinski definition) is 3. The fraction of sp³-hybridized carbons (Fsp3) is 0.0714. The van der Waals surface area contributed by atoms with E-state index in [0.717, 1.165) is 0 Å². The summed E-state index contributed by atoms with van der Waals surface area (Å²) < 4.78 is 18.4. The van der Waals surface area contributed by atoms with Crippen LogP contribution in [0, 0.1) is 5.82 Å². The van der Waals surface area contributed by atoms with Gasteiger partial charge in [0, 0.05) is 11.3 Å². The average Bonchev–Trinajstić information content (AvgIpc) is 2.39. The van der Waals surface area contributed by atoms with Crippen molar-refractivity contribution < 1.29 is 13.9 Å². The fourth-order valence-electron chi connectivity index (χ4n) is 1.76. The predicted octanol–water partition coefficient (Wildman–Crippen LogP) is 2.86. The molecule has 0 aliphatic rings. The summed E-state index contributed by atoms with van der Waals surface area (Å²) in [4.78, 5) is 11.7. The third-order valence-electron chi connectivity index (χ3n) is 2.61. The molecule has 0 unspecified atom stereocenters. The number of esters is 1. The number of anilines is 1. The third kappa shape index (κ3) is 2.18. The summed E-state index contributed by atoms with van der Waals surface area (Å²) in [5.41, 5.74) is 7.13. The molecule has 92 valence electrons. The Hall–Kier alpha value is -2.36. The summed E-state index contributed by atoms with van der Waals surface area (Å²) in [7, 11) is 1.27. The lowest BCUT2D eigenvalue weighted by atomic mass is 9.98. The largest absolute Gasteiger partial charge is 0.465 e. The molecule has 3 nitrogen and oxygen atoms in total. The maximum absolute atomic E-state index is 13.7. The van der Waals surface area contributed by atoms with Crippen molar-refractivity contribution in [1.82, 2.24) is 0 Å². The van der Waals surface area contributed by atoms with Gasteiger partial charge in [0.15, 0.2) is 0 Å². The van der Waals surface area contributed by atoms with Crippen molar-refractivity contribution in [1.29, 1.82) is 0 Å². The predicted molar refractivity (Wildman–Crippen MR) is 67.6 cm³/mol. The Labute approximate surface area is 104 Å². The number of ether oxygens (including phenoxy) is 1. The smallest absolute Gasteiger partial charge is 0.338 e. The van der Waals surface area contributed by atoms with E-state index in [1.807, 2.05) is 0 Å². The number of methoxy groups -OCH3 is 1. The monoisotopic (exact) mass is 245 g/mol. The lowest BCUT2D eigenvalue weighted by Crippen LogP contribution is -2.05. The van der Waals surface area contributed by atoms with Gasteiger partial charge in [0.25, 0.3) is 0 Å². The summed E-state index contributed by atoms with van der Waals surface area (Å²) in [5.74, 6) is -0.937. The highest BCUT2D eigenvalue weighted by atomic mass is 19.1. The lowest BCUT2D eigenvalue weighted by Gasteiger charge is -2.09. The van der Waals surface area contributed by atoms with Crippen molar-refractivity contribution in [3.63, 3.8) is 0 Å². The van der Waals surface area contributed by atoms with Crippen molar-refractivity contribution >= 4 is 11.7 Å². The van der Waals surface area contributed by atoms with Crippen LogP contribution in [0.3, 0.4) is 0 Å². The molecule has 0 radical (unpaired) electrons. The van der Waals surface area contributed by atoms with Gasteiger partial charge in [-0.3, -0.25) is 0 Å². The van der Waals surface area contributed by atoms with Crippen LogP contribution in [-0.2, 0) is 4.74 Å². The second-order valence-corrected chi connectivity index (χ2v) is 3.78. The zero-order chi connectivity index (χ0) is 13.1. The molecule has 0 aromatic heterocycles. The average molecular weight is 245 g/mol. The van der Waals surface area contributed by atoms with Crippen LogP contribution >= 0.6 is 0 Å². The highest BCUT2D eigenvalue weighted by molar-refractivity contribution is 5.98. The van der Waals surface area contributed by atoms with Crippen LogP contribution in [0.4, 0.5) is 10.1 Å². The minimum atomic E-state index is -0.541. The van der Waals surface area contributed by atoms with E-state index in [9.17, 15) is 9.18 Å². The van der Waals surface area contributed by atoms with E-state index in [2.05, 4.69) is 4.74 Å². The van der Waals surface area contributed by atoms with Crippen molar-refractivity contribution in [2.75, 3.05) is 12.8 Å². The molecule has 0 spiro atoms. The van der Waals surface area contributed by atoms with Gasteiger partial charge < -0.3 is 10.5 Å². The highest BCUT2D eigenvalue weighted by Gasteiger charge is 2.15. The van der Waals surface area contributed by atoms with Gasteiger partial charge in [-0.2, -0.15) is 0 Å². The summed E-state index contributed by atoms with van der Waals surface area (Å²) >= 11 is 0. The fourth-order valence-corrected chi connectivity index (χ4v) is 1.76. The van der Waals surface area contributed by atoms with Crippen LogP contribution in [-0.4, -0.2) is 13.1 Å². The summed E-state index contributed by atoms with van der Waals surface area (Å²) in [6.45, 7) is 0. The Bertz CT molecular complexity index is 596. The molecule has 0 aliphatic carbocycles. The molecule has 0 saturated heterocycles. The van der Waals surface area contributed by atoms with Gasteiger partial charge in [-0.25, -0.2) is 9.18 Å². The Morgan fingerprint density at radius 3 is 2.56 bits per heavy atom. The molecule has 0 amide bonds. The highest BCUT2D eigenvalue weighted by Crippen LogP contribution is 2.28. The molecule has 2 rings (SSSR count). The van der Waals surface area contributed by atoms with Crippen LogP contribution in [0.15, 0.2) is 42.5 Å². The van der Waals surface area contributed by atoms with Crippen LogP contribution in [0.5, 0.6) is 0 Å². The molecule has 0 bridgehead atoms. The maximum atomic E-state index is 13.7. The minimum absolute atomic E-state index is 0.252. The quantitative estimate of drug-likeness (QED) is 0.653. The zero-order valence-corrected chi connectivity index (χ0v) is 9.81. The van der Waals surface area contributed by atoms with Gasteiger partial charge in [0.05, 0.1) is 12.7 Å². The van der Waals surface area contributed by atoms with E-state index in [4.69, 9.17) is 5.73 Å². The van der Waals surface area contributed by atoms with E-state index in [1.54, 1.807) is 30.3 Å². The van der Waals surface area contributed by atoms with E-state index in [-0.39, 0.29) is 5.56 Å². The molecule has 2 aromatic carbocycles. The first-order valence-corrected chi connectivity index (χ1v) is 5.36. The number of carbonyl (C=O) groups excluding carboxylic acids is 1. The van der Waals surface area contributed by atoms with Gasteiger partial charge in [-0.05, 0) is 23.8 Å². The normalized spacial score (nSPS) is 10.1. The van der Waals surface area contributed by atoms with Crippen LogP contribution in [0.25, 0.3) is 11.1 Å². The van der Waals surface area contributed by atoms with Crippen LogP contribution in [0.2, 0.25) is 0 Å². The van der Waals surface area contributed by atoms with Crippen LogP contribution < -0.4 is 5.73 Å². The number of benzene rings is 2. The molecule has 0 fully saturated rings. The first-order chi connectivity index (χ1) is 8.63. The molecular formula is C14H12FNO2. The molecular weight excluding hydrogens is 233 g/mol. The number of nitrogens with two attached hydrogens (primary N) is 1. The standard InChI is InChI=1S/C14H12FNO2/c1-18-14(17)12-8-9(16)6-7-10(12)11-4-2-3-5-13(11)15/h2-8H,16H2,1H3. The van der Waals surface area contributed by atoms with Gasteiger partial charge in [0.2, 0.25) is 0 Å². The SMILES string of the molecule is COC(=O)c1cc(N)ccc1-c1ccccc1F. The summed E-state index contributed by atoms with van der Waals surface area (Å²) in [5, 5.41) is 0. The minimum Gasteiger partial charge on any atom is -0.465 e. The third-order valence-corrected chi connectivity index (χ3v) is 2.61. The maximum Gasteiger partial charge on any atom is 0.338 e. The Kier molecular flexibility index (Phi) is 3.28. The molecule has 0 aliphatic heterocycles. The molecule has 0 heterocycles. The molecule has 0 saturated carbocycles. The summed E-state index contributed by atoms with van der Waals surface area (Å²) in [6.07, 6.45) is 0. The van der Waals surface area contributed by atoms with E-state index < -0.39 is 11.8 Å². The second-order valence-electron chi connectivity index (χ2n) is 3.78. The molecule has 2 N–H and O–H groups in total. The Morgan fingerprint density at radius 2 is 1.89 bits per heavy atom. The van der Waals surface area contributed by atoms with Gasteiger partial charge in [-0.1, -0.05) is 24.3 Å². The second kappa shape index (κ2) is 4.87. The zero-order valence-electron chi connectivity index (χ0n) is 9.81. The Balaban J connectivity index is 2.64. The molecule has 18 heavy (non-hydrogen) atoms. The van der Waals surface area contributed by atoms with E-state index in [0.29, 0.717) is 16.8 Å². The van der Waals surface area contributed by atoms with E-state index in [1.165, 1.54) is 19.2 Å². The molecule has 0 atom stereocenters. The van der Waals surface area contributed by atoms with E-state index >= 15 is 0 Å². The molecule has 2 aromatic rings. The summed E-state index contributed by atoms with van der Waals surface area (Å²) in [6, 6.07) is 11.0. The first kappa shape index (κ1) is 12.1. The number of halogens is 1. The first-order valence-electron chi connectivity index (χ1n) is 5.36. The van der Waals surface area contributed by atoms with Gasteiger partial charge in [0.1, 0.15) is 5.82 Å². The van der Waals surface area contributed by atoms with Crippen molar-refractivity contribution in [2.45, 2.75) is 0 Å². The lowest BCUT2D eigenvalue weighted by molar-refractivity contribution is 0.0601. The van der Waals surface area contributed by atoms with Gasteiger partial charge in [-0.15, -0.1) is 0 Å². The Morgan fingerprint density at radius 1 is 1.17 bits per heavy atom.